The molecule has 0 bridgehead atoms. The van der Waals surface area contributed by atoms with E-state index >= 15 is 0 Å². The Hall–Kier alpha value is -1.04. The lowest BCUT2D eigenvalue weighted by molar-refractivity contribution is 0.744. The van der Waals surface area contributed by atoms with Crippen molar-refractivity contribution in [3.8, 4) is 0 Å². The van der Waals surface area contributed by atoms with Crippen molar-refractivity contribution in [2.45, 2.75) is 46.0 Å². The molecule has 0 fully saturated rings. The van der Waals surface area contributed by atoms with E-state index in [0.717, 1.165) is 6.42 Å². The monoisotopic (exact) mass is 202 g/mol. The fourth-order valence-electron chi connectivity index (χ4n) is 1.75. The van der Waals surface area contributed by atoms with Gasteiger partial charge in [0, 0.05) is 0 Å². The molecule has 0 amide bonds. The molecule has 1 aromatic carbocycles. The van der Waals surface area contributed by atoms with Gasteiger partial charge in [-0.05, 0) is 50.2 Å². The summed E-state index contributed by atoms with van der Waals surface area (Å²) in [4.78, 5) is 0. The van der Waals surface area contributed by atoms with Gasteiger partial charge in [0.25, 0.3) is 0 Å². The van der Waals surface area contributed by atoms with Crippen LogP contribution in [0, 0.1) is 6.92 Å². The number of allylic oxidation sites excluding steroid dienone is 2. The third-order valence-corrected chi connectivity index (χ3v) is 2.73. The van der Waals surface area contributed by atoms with Gasteiger partial charge in [-0.3, -0.25) is 0 Å². The van der Waals surface area contributed by atoms with Crippen LogP contribution in [0.4, 0.5) is 0 Å². The molecular weight excluding hydrogens is 180 g/mol. The fraction of sp³-hybridized carbons (Fsp3) is 0.467. The van der Waals surface area contributed by atoms with Crippen molar-refractivity contribution in [3.05, 3.63) is 47.5 Å². The number of hydrogen-bond acceptors (Lipinski definition) is 0. The van der Waals surface area contributed by atoms with Crippen LogP contribution < -0.4 is 0 Å². The maximum Gasteiger partial charge on any atom is -0.0276 e. The SMILES string of the molecule is CCC=CCCCCc1ccccc1C. The van der Waals surface area contributed by atoms with E-state index in [4.69, 9.17) is 0 Å². The first-order valence-electron chi connectivity index (χ1n) is 6.04. The summed E-state index contributed by atoms with van der Waals surface area (Å²) in [6, 6.07) is 8.70. The minimum Gasteiger partial charge on any atom is -0.0888 e. The van der Waals surface area contributed by atoms with Gasteiger partial charge in [0.2, 0.25) is 0 Å². The predicted molar refractivity (Wildman–Crippen MR) is 68.2 cm³/mol. The van der Waals surface area contributed by atoms with E-state index in [1.165, 1.54) is 36.8 Å². The zero-order valence-electron chi connectivity index (χ0n) is 10.00. The second-order valence-electron chi connectivity index (χ2n) is 4.05. The predicted octanol–water partition coefficient (Wildman–Crippen LogP) is 4.67. The lowest BCUT2D eigenvalue weighted by Gasteiger charge is -2.03. The Morgan fingerprint density at radius 2 is 1.87 bits per heavy atom. The first kappa shape index (κ1) is 12.0. The second kappa shape index (κ2) is 7.28. The number of aryl methyl sites for hydroxylation is 2. The number of unbranched alkanes of at least 4 members (excludes halogenated alkanes) is 2. The number of hydrogen-bond donors (Lipinski definition) is 0. The van der Waals surface area contributed by atoms with E-state index in [9.17, 15) is 0 Å². The summed E-state index contributed by atoms with van der Waals surface area (Å²) in [6.07, 6.45) is 10.8. The minimum atomic E-state index is 1.16. The van der Waals surface area contributed by atoms with E-state index < -0.39 is 0 Å². The normalized spacial score (nSPS) is 11.1. The molecule has 0 nitrogen and oxygen atoms in total. The fourth-order valence-corrected chi connectivity index (χ4v) is 1.75. The van der Waals surface area contributed by atoms with Crippen LogP contribution in [0.2, 0.25) is 0 Å². The molecule has 0 saturated carbocycles. The van der Waals surface area contributed by atoms with Crippen LogP contribution in [-0.4, -0.2) is 0 Å². The van der Waals surface area contributed by atoms with Crippen molar-refractivity contribution in [1.29, 1.82) is 0 Å². The average Bonchev–Trinajstić information content (AvgIpc) is 2.25. The summed E-state index contributed by atoms with van der Waals surface area (Å²) in [5.74, 6) is 0. The molecule has 0 radical (unpaired) electrons. The third-order valence-electron chi connectivity index (χ3n) is 2.73. The molecule has 0 aliphatic rings. The zero-order chi connectivity index (χ0) is 10.9. The van der Waals surface area contributed by atoms with E-state index in [-0.39, 0.29) is 0 Å². The quantitative estimate of drug-likeness (QED) is 0.464. The molecule has 0 aliphatic carbocycles. The molecule has 0 heteroatoms. The highest BCUT2D eigenvalue weighted by atomic mass is 14.0. The smallest absolute Gasteiger partial charge is 0.0276 e. The Labute approximate surface area is 94.0 Å². The van der Waals surface area contributed by atoms with E-state index in [0.29, 0.717) is 0 Å². The van der Waals surface area contributed by atoms with Crippen LogP contribution in [-0.2, 0) is 6.42 Å². The average molecular weight is 202 g/mol. The number of benzene rings is 1. The summed E-state index contributed by atoms with van der Waals surface area (Å²) in [7, 11) is 0. The molecular formula is C15H22. The van der Waals surface area contributed by atoms with Gasteiger partial charge in [0.15, 0.2) is 0 Å². The molecule has 0 atom stereocenters. The minimum absolute atomic E-state index is 1.16. The van der Waals surface area contributed by atoms with E-state index in [1.807, 2.05) is 0 Å². The molecule has 0 aromatic heterocycles. The number of rotatable bonds is 6. The molecule has 82 valence electrons. The van der Waals surface area contributed by atoms with Gasteiger partial charge in [-0.25, -0.2) is 0 Å². The Kier molecular flexibility index (Phi) is 5.84. The van der Waals surface area contributed by atoms with Crippen LogP contribution in [0.15, 0.2) is 36.4 Å². The molecule has 0 saturated heterocycles. The first-order chi connectivity index (χ1) is 7.34. The van der Waals surface area contributed by atoms with Crippen molar-refractivity contribution < 1.29 is 0 Å². The Morgan fingerprint density at radius 3 is 2.60 bits per heavy atom. The Bertz CT molecular complexity index is 297. The standard InChI is InChI=1S/C15H22/c1-3-4-5-6-7-8-12-15-13-10-9-11-14(15)2/h4-5,9-11,13H,3,6-8,12H2,1-2H3. The van der Waals surface area contributed by atoms with Crippen molar-refractivity contribution in [2.24, 2.45) is 0 Å². The molecule has 15 heavy (non-hydrogen) atoms. The maximum absolute atomic E-state index is 2.30. The molecule has 0 N–H and O–H groups in total. The van der Waals surface area contributed by atoms with Crippen molar-refractivity contribution >= 4 is 0 Å². The molecule has 1 rings (SSSR count). The van der Waals surface area contributed by atoms with Gasteiger partial charge >= 0.3 is 0 Å². The molecule has 0 unspecified atom stereocenters. The molecule has 0 spiro atoms. The van der Waals surface area contributed by atoms with Gasteiger partial charge in [0.05, 0.1) is 0 Å². The van der Waals surface area contributed by atoms with Crippen LogP contribution in [0.3, 0.4) is 0 Å². The summed E-state index contributed by atoms with van der Waals surface area (Å²) in [6.45, 7) is 4.39. The lowest BCUT2D eigenvalue weighted by Crippen LogP contribution is -1.88. The summed E-state index contributed by atoms with van der Waals surface area (Å²) >= 11 is 0. The zero-order valence-corrected chi connectivity index (χ0v) is 10.00. The topological polar surface area (TPSA) is 0 Å². The van der Waals surface area contributed by atoms with Crippen LogP contribution >= 0.6 is 0 Å². The largest absolute Gasteiger partial charge is 0.0888 e. The van der Waals surface area contributed by atoms with Crippen LogP contribution in [0.5, 0.6) is 0 Å². The lowest BCUT2D eigenvalue weighted by atomic mass is 10.0. The van der Waals surface area contributed by atoms with Crippen molar-refractivity contribution in [1.82, 2.24) is 0 Å². The van der Waals surface area contributed by atoms with Gasteiger partial charge < -0.3 is 0 Å². The van der Waals surface area contributed by atoms with E-state index in [1.54, 1.807) is 0 Å². The summed E-state index contributed by atoms with van der Waals surface area (Å²) < 4.78 is 0. The van der Waals surface area contributed by atoms with Gasteiger partial charge in [-0.1, -0.05) is 43.3 Å². The highest BCUT2D eigenvalue weighted by Gasteiger charge is 1.95. The van der Waals surface area contributed by atoms with Gasteiger partial charge in [-0.15, -0.1) is 0 Å². The summed E-state index contributed by atoms with van der Waals surface area (Å²) in [5, 5.41) is 0. The molecule has 0 heterocycles. The Balaban J connectivity index is 2.20. The maximum atomic E-state index is 2.30. The van der Waals surface area contributed by atoms with Crippen molar-refractivity contribution in [2.75, 3.05) is 0 Å². The third kappa shape index (κ3) is 4.83. The second-order valence-corrected chi connectivity index (χ2v) is 4.05. The van der Waals surface area contributed by atoms with E-state index in [2.05, 4.69) is 50.3 Å². The molecule has 0 aliphatic heterocycles. The van der Waals surface area contributed by atoms with Gasteiger partial charge in [-0.2, -0.15) is 0 Å². The highest BCUT2D eigenvalue weighted by Crippen LogP contribution is 2.11. The highest BCUT2D eigenvalue weighted by molar-refractivity contribution is 5.25. The van der Waals surface area contributed by atoms with Crippen LogP contribution in [0.25, 0.3) is 0 Å². The van der Waals surface area contributed by atoms with Crippen LogP contribution in [0.1, 0.15) is 43.7 Å². The Morgan fingerprint density at radius 1 is 1.07 bits per heavy atom. The summed E-state index contributed by atoms with van der Waals surface area (Å²) in [5.41, 5.74) is 2.94. The van der Waals surface area contributed by atoms with Gasteiger partial charge in [0.1, 0.15) is 0 Å². The molecule has 1 aromatic rings. The van der Waals surface area contributed by atoms with Crippen molar-refractivity contribution in [3.63, 3.8) is 0 Å². The first-order valence-corrected chi connectivity index (χ1v) is 6.04.